The molecule has 0 spiro atoms. The van der Waals surface area contributed by atoms with Gasteiger partial charge < -0.3 is 5.32 Å². The van der Waals surface area contributed by atoms with Gasteiger partial charge >= 0.3 is 0 Å². The molecule has 0 bridgehead atoms. The highest BCUT2D eigenvalue weighted by Gasteiger charge is 2.19. The first-order valence-electron chi connectivity index (χ1n) is 6.14. The first kappa shape index (κ1) is 16.2. The Morgan fingerprint density at radius 1 is 1.29 bits per heavy atom. The van der Waals surface area contributed by atoms with Gasteiger partial charge in [0.2, 0.25) is 0 Å². The summed E-state index contributed by atoms with van der Waals surface area (Å²) >= 11 is 6.80. The lowest BCUT2D eigenvalue weighted by Crippen LogP contribution is -2.12. The summed E-state index contributed by atoms with van der Waals surface area (Å²) in [5.41, 5.74) is -0.160. The molecule has 1 aromatic heterocycles. The first-order chi connectivity index (χ1) is 9.94. The van der Waals surface area contributed by atoms with Crippen LogP contribution in [0.4, 0.5) is 10.1 Å². The molecular weight excluding hydrogens is 335 g/mol. The Balaban J connectivity index is 2.22. The lowest BCUT2D eigenvalue weighted by molar-refractivity contribution is 0.600. The number of thiophene rings is 1. The number of hydrogen-bond acceptors (Lipinski definition) is 4. The summed E-state index contributed by atoms with van der Waals surface area (Å²) < 4.78 is 40.6. The molecule has 0 saturated heterocycles. The Labute approximate surface area is 132 Å². The number of rotatable bonds is 6. The molecule has 8 heteroatoms. The smallest absolute Gasteiger partial charge is 0.271 e. The molecule has 2 N–H and O–H groups in total. The monoisotopic (exact) mass is 348 g/mol. The fraction of sp³-hybridized carbons (Fsp3) is 0.231. The van der Waals surface area contributed by atoms with Gasteiger partial charge in [0, 0.05) is 4.88 Å². The fourth-order valence-electron chi connectivity index (χ4n) is 1.66. The molecule has 2 rings (SSSR count). The number of halogens is 2. The van der Waals surface area contributed by atoms with Crippen molar-refractivity contribution in [3.05, 3.63) is 46.0 Å². The van der Waals surface area contributed by atoms with Gasteiger partial charge in [0.05, 0.1) is 10.7 Å². The van der Waals surface area contributed by atoms with Crippen LogP contribution < -0.4 is 10.0 Å². The largest absolute Gasteiger partial charge is 0.319 e. The average molecular weight is 349 g/mol. The van der Waals surface area contributed by atoms with Gasteiger partial charge in [0.15, 0.2) is 5.82 Å². The van der Waals surface area contributed by atoms with Crippen LogP contribution in [0.5, 0.6) is 0 Å². The maximum atomic E-state index is 13.8. The molecular formula is C13H14ClFN2O2S2. The summed E-state index contributed by atoms with van der Waals surface area (Å²) in [4.78, 5) is 0.941. The van der Waals surface area contributed by atoms with Crippen molar-refractivity contribution < 1.29 is 12.8 Å². The van der Waals surface area contributed by atoms with Crippen LogP contribution in [0.2, 0.25) is 5.02 Å². The predicted octanol–water partition coefficient (Wildman–Crippen LogP) is 3.10. The van der Waals surface area contributed by atoms with E-state index in [0.29, 0.717) is 0 Å². The first-order valence-corrected chi connectivity index (χ1v) is 8.82. The molecule has 0 aliphatic rings. The molecule has 0 radical (unpaired) electrons. The van der Waals surface area contributed by atoms with E-state index in [1.807, 2.05) is 7.05 Å². The summed E-state index contributed by atoms with van der Waals surface area (Å²) in [6, 6.07) is 7.44. The van der Waals surface area contributed by atoms with E-state index in [9.17, 15) is 12.8 Å². The number of benzene rings is 1. The van der Waals surface area contributed by atoms with Crippen LogP contribution in [-0.4, -0.2) is 22.0 Å². The zero-order valence-electron chi connectivity index (χ0n) is 11.2. The van der Waals surface area contributed by atoms with Crippen LogP contribution in [0.3, 0.4) is 0 Å². The molecule has 1 aromatic carbocycles. The molecule has 0 amide bonds. The van der Waals surface area contributed by atoms with E-state index in [0.717, 1.165) is 29.2 Å². The SMILES string of the molecule is CNCCc1ccc(S(=O)(=O)Nc2cccc(Cl)c2F)s1. The molecule has 21 heavy (non-hydrogen) atoms. The molecule has 0 unspecified atom stereocenters. The summed E-state index contributed by atoms with van der Waals surface area (Å²) in [6.07, 6.45) is 0.738. The van der Waals surface area contributed by atoms with Gasteiger partial charge in [-0.05, 0) is 44.3 Å². The Kier molecular flexibility index (Phi) is 5.21. The standard InChI is InChI=1S/C13H14ClFN2O2S2/c1-16-8-7-9-5-6-12(20-9)21(18,19)17-11-4-2-3-10(14)13(11)15/h2-6,16-17H,7-8H2,1H3. The Morgan fingerprint density at radius 2 is 2.05 bits per heavy atom. The minimum Gasteiger partial charge on any atom is -0.319 e. The van der Waals surface area contributed by atoms with Crippen LogP contribution in [0.1, 0.15) is 4.88 Å². The number of nitrogens with one attached hydrogen (secondary N) is 2. The van der Waals surface area contributed by atoms with Gasteiger partial charge in [-0.15, -0.1) is 11.3 Å². The second kappa shape index (κ2) is 6.74. The van der Waals surface area contributed by atoms with E-state index < -0.39 is 15.8 Å². The van der Waals surface area contributed by atoms with Gasteiger partial charge in [-0.3, -0.25) is 4.72 Å². The highest BCUT2D eigenvalue weighted by Crippen LogP contribution is 2.27. The van der Waals surface area contributed by atoms with Gasteiger partial charge in [0.25, 0.3) is 10.0 Å². The maximum absolute atomic E-state index is 13.8. The molecule has 0 atom stereocenters. The number of likely N-dealkylation sites (N-methyl/N-ethyl adjacent to an activating group) is 1. The predicted molar refractivity (Wildman–Crippen MR) is 84.2 cm³/mol. The molecule has 4 nitrogen and oxygen atoms in total. The minimum atomic E-state index is -3.81. The molecule has 2 aromatic rings. The van der Waals surface area contributed by atoms with E-state index >= 15 is 0 Å². The van der Waals surface area contributed by atoms with Crippen molar-refractivity contribution in [1.82, 2.24) is 5.32 Å². The third-order valence-corrected chi connectivity index (χ3v) is 6.01. The average Bonchev–Trinajstić information content (AvgIpc) is 2.91. The molecule has 114 valence electrons. The van der Waals surface area contributed by atoms with Crippen molar-refractivity contribution in [1.29, 1.82) is 0 Å². The zero-order chi connectivity index (χ0) is 15.5. The van der Waals surface area contributed by atoms with Gasteiger partial charge in [0.1, 0.15) is 4.21 Å². The third-order valence-electron chi connectivity index (χ3n) is 2.72. The normalized spacial score (nSPS) is 11.6. The highest BCUT2D eigenvalue weighted by molar-refractivity contribution is 7.94. The van der Waals surface area contributed by atoms with Gasteiger partial charge in [-0.1, -0.05) is 17.7 Å². The summed E-state index contributed by atoms with van der Waals surface area (Å²) in [7, 11) is -1.98. The molecule has 1 heterocycles. The third kappa shape index (κ3) is 3.94. The Morgan fingerprint density at radius 3 is 2.76 bits per heavy atom. The Hall–Kier alpha value is -1.15. The van der Waals surface area contributed by atoms with Crippen LogP contribution in [0.25, 0.3) is 0 Å². The van der Waals surface area contributed by atoms with E-state index in [1.54, 1.807) is 6.07 Å². The highest BCUT2D eigenvalue weighted by atomic mass is 35.5. The lowest BCUT2D eigenvalue weighted by Gasteiger charge is -2.07. The van der Waals surface area contributed by atoms with Crippen molar-refractivity contribution in [3.8, 4) is 0 Å². The molecule has 0 saturated carbocycles. The summed E-state index contributed by atoms with van der Waals surface area (Å²) in [5.74, 6) is -0.783. The second-order valence-electron chi connectivity index (χ2n) is 4.28. The maximum Gasteiger partial charge on any atom is 0.271 e. The van der Waals surface area contributed by atoms with Crippen molar-refractivity contribution >= 4 is 38.6 Å². The number of anilines is 1. The van der Waals surface area contributed by atoms with E-state index in [-0.39, 0.29) is 14.9 Å². The number of sulfonamides is 1. The second-order valence-corrected chi connectivity index (χ2v) is 7.77. The van der Waals surface area contributed by atoms with Crippen molar-refractivity contribution in [2.24, 2.45) is 0 Å². The quantitative estimate of drug-likeness (QED) is 0.843. The summed E-state index contributed by atoms with van der Waals surface area (Å²) in [5, 5.41) is 2.87. The Bertz CT molecular complexity index is 732. The van der Waals surface area contributed by atoms with Crippen molar-refractivity contribution in [2.75, 3.05) is 18.3 Å². The summed E-state index contributed by atoms with van der Waals surface area (Å²) in [6.45, 7) is 0.760. The minimum absolute atomic E-state index is 0.129. The van der Waals surface area contributed by atoms with Crippen LogP contribution in [0, 0.1) is 5.82 Å². The molecule has 0 aliphatic carbocycles. The lowest BCUT2D eigenvalue weighted by atomic mass is 10.3. The van der Waals surface area contributed by atoms with Crippen LogP contribution >= 0.6 is 22.9 Å². The number of hydrogen-bond donors (Lipinski definition) is 2. The fourth-order valence-corrected chi connectivity index (χ4v) is 4.25. The van der Waals surface area contributed by atoms with E-state index in [1.165, 1.54) is 24.3 Å². The van der Waals surface area contributed by atoms with Crippen LogP contribution in [-0.2, 0) is 16.4 Å². The molecule has 0 aliphatic heterocycles. The van der Waals surface area contributed by atoms with Crippen LogP contribution in [0.15, 0.2) is 34.5 Å². The van der Waals surface area contributed by atoms with Gasteiger partial charge in [-0.2, -0.15) is 0 Å². The molecule has 0 fully saturated rings. The van der Waals surface area contributed by atoms with Crippen molar-refractivity contribution in [2.45, 2.75) is 10.6 Å². The van der Waals surface area contributed by atoms with E-state index in [4.69, 9.17) is 11.6 Å². The zero-order valence-corrected chi connectivity index (χ0v) is 13.6. The van der Waals surface area contributed by atoms with E-state index in [2.05, 4.69) is 10.0 Å². The van der Waals surface area contributed by atoms with Crippen molar-refractivity contribution in [3.63, 3.8) is 0 Å². The topological polar surface area (TPSA) is 58.2 Å². The van der Waals surface area contributed by atoms with Gasteiger partial charge in [-0.25, -0.2) is 12.8 Å².